The molecule has 1 amide bonds. The Balaban J connectivity index is 1.42. The van der Waals surface area contributed by atoms with Crippen molar-refractivity contribution in [1.82, 2.24) is 19.7 Å². The lowest BCUT2D eigenvalue weighted by molar-refractivity contribution is -0.134. The second-order valence-electron chi connectivity index (χ2n) is 6.52. The summed E-state index contributed by atoms with van der Waals surface area (Å²) in [4.78, 5) is 14.7. The largest absolute Gasteiger partial charge is 0.497 e. The minimum absolute atomic E-state index is 0.110. The van der Waals surface area contributed by atoms with Crippen LogP contribution in [0.3, 0.4) is 0 Å². The maximum atomic E-state index is 12.8. The highest BCUT2D eigenvalue weighted by atomic mass is 16.5. The molecule has 1 aliphatic heterocycles. The fraction of sp³-hybridized carbons (Fsp3) is 0.500. The van der Waals surface area contributed by atoms with Crippen LogP contribution in [-0.2, 0) is 24.3 Å². The third kappa shape index (κ3) is 2.56. The molecule has 0 radical (unpaired) electrons. The van der Waals surface area contributed by atoms with Gasteiger partial charge >= 0.3 is 0 Å². The Morgan fingerprint density at radius 2 is 2.04 bits per heavy atom. The van der Waals surface area contributed by atoms with E-state index < -0.39 is 0 Å². The van der Waals surface area contributed by atoms with Crippen LogP contribution in [0.5, 0.6) is 5.75 Å². The average Bonchev–Trinajstić information content (AvgIpc) is 3.33. The van der Waals surface area contributed by atoms with E-state index in [9.17, 15) is 4.79 Å². The molecule has 24 heavy (non-hydrogen) atoms. The highest BCUT2D eigenvalue weighted by molar-refractivity contribution is 5.83. The molecule has 2 aromatic rings. The molecule has 1 aromatic heterocycles. The zero-order valence-electron chi connectivity index (χ0n) is 14.1. The van der Waals surface area contributed by atoms with Gasteiger partial charge in [0.15, 0.2) is 5.82 Å². The van der Waals surface area contributed by atoms with Crippen LogP contribution in [-0.4, -0.2) is 39.2 Å². The number of aryl methyl sites for hydroxylation is 1. The molecule has 0 spiro atoms. The van der Waals surface area contributed by atoms with E-state index in [4.69, 9.17) is 4.74 Å². The Morgan fingerprint density at radius 3 is 2.75 bits per heavy atom. The molecule has 2 unspecified atom stereocenters. The minimum Gasteiger partial charge on any atom is -0.497 e. The van der Waals surface area contributed by atoms with Crippen LogP contribution >= 0.6 is 0 Å². The number of carbonyl (C=O) groups is 1. The van der Waals surface area contributed by atoms with Gasteiger partial charge in [-0.25, -0.2) is 0 Å². The van der Waals surface area contributed by atoms with Gasteiger partial charge in [-0.2, -0.15) is 0 Å². The summed E-state index contributed by atoms with van der Waals surface area (Å²) in [6.45, 7) is 4.22. The molecular weight excluding hydrogens is 304 g/mol. The highest BCUT2D eigenvalue weighted by Crippen LogP contribution is 2.49. The standard InChI is InChI=1S/C18H22N4O2/c1-3-16-19-20-17-11-21(8-9-22(16)17)18(23)15-10-14(15)12-4-6-13(24-2)7-5-12/h4-7,14-15H,3,8-11H2,1-2H3. The number of fused-ring (bicyclic) bond motifs is 1. The SMILES string of the molecule is CCc1nnc2n1CCN(C(=O)C1CC1c1ccc(OC)cc1)C2. The molecule has 1 aliphatic carbocycles. The van der Waals surface area contributed by atoms with Crippen molar-refractivity contribution in [2.75, 3.05) is 13.7 Å². The molecule has 4 rings (SSSR count). The summed E-state index contributed by atoms with van der Waals surface area (Å²) in [6, 6.07) is 8.06. The van der Waals surface area contributed by atoms with Crippen LogP contribution in [0.15, 0.2) is 24.3 Å². The number of aromatic nitrogens is 3. The van der Waals surface area contributed by atoms with Crippen LogP contribution < -0.4 is 4.74 Å². The van der Waals surface area contributed by atoms with E-state index in [0.717, 1.165) is 43.3 Å². The van der Waals surface area contributed by atoms with Crippen molar-refractivity contribution in [3.63, 3.8) is 0 Å². The van der Waals surface area contributed by atoms with Crippen molar-refractivity contribution in [1.29, 1.82) is 0 Å². The second kappa shape index (κ2) is 5.92. The van der Waals surface area contributed by atoms with Gasteiger partial charge in [-0.05, 0) is 30.0 Å². The fourth-order valence-corrected chi connectivity index (χ4v) is 3.59. The summed E-state index contributed by atoms with van der Waals surface area (Å²) >= 11 is 0. The first-order chi connectivity index (χ1) is 11.7. The molecule has 0 bridgehead atoms. The number of rotatable bonds is 4. The van der Waals surface area contributed by atoms with Gasteiger partial charge in [-0.1, -0.05) is 19.1 Å². The Hall–Kier alpha value is -2.37. The first kappa shape index (κ1) is 15.2. The van der Waals surface area contributed by atoms with E-state index in [-0.39, 0.29) is 11.8 Å². The molecule has 2 aliphatic rings. The molecule has 1 fully saturated rings. The monoisotopic (exact) mass is 326 g/mol. The molecule has 1 saturated carbocycles. The zero-order chi connectivity index (χ0) is 16.7. The fourth-order valence-electron chi connectivity index (χ4n) is 3.59. The van der Waals surface area contributed by atoms with E-state index in [0.29, 0.717) is 12.5 Å². The Bertz CT molecular complexity index is 753. The average molecular weight is 326 g/mol. The lowest BCUT2D eigenvalue weighted by Crippen LogP contribution is -2.39. The molecule has 1 aromatic carbocycles. The minimum atomic E-state index is 0.110. The van der Waals surface area contributed by atoms with Crippen LogP contribution in [0.25, 0.3) is 0 Å². The number of hydrogen-bond donors (Lipinski definition) is 0. The van der Waals surface area contributed by atoms with E-state index in [2.05, 4.69) is 33.8 Å². The molecule has 6 heteroatoms. The van der Waals surface area contributed by atoms with E-state index in [1.54, 1.807) is 7.11 Å². The van der Waals surface area contributed by atoms with Gasteiger partial charge in [0.2, 0.25) is 5.91 Å². The first-order valence-electron chi connectivity index (χ1n) is 8.55. The Kier molecular flexibility index (Phi) is 3.75. The molecule has 6 nitrogen and oxygen atoms in total. The summed E-state index contributed by atoms with van der Waals surface area (Å²) in [5.74, 6) is 3.48. The van der Waals surface area contributed by atoms with Crippen LogP contribution in [0, 0.1) is 5.92 Å². The summed E-state index contributed by atoms with van der Waals surface area (Å²) in [6.07, 6.45) is 1.82. The summed E-state index contributed by atoms with van der Waals surface area (Å²) in [5, 5.41) is 8.45. The lowest BCUT2D eigenvalue weighted by atomic mass is 10.1. The second-order valence-corrected chi connectivity index (χ2v) is 6.52. The number of methoxy groups -OCH3 is 1. The smallest absolute Gasteiger partial charge is 0.226 e. The van der Waals surface area contributed by atoms with E-state index >= 15 is 0 Å². The van der Waals surface area contributed by atoms with Crippen molar-refractivity contribution in [2.24, 2.45) is 5.92 Å². The van der Waals surface area contributed by atoms with E-state index in [1.807, 2.05) is 17.0 Å². The lowest BCUT2D eigenvalue weighted by Gasteiger charge is -2.28. The molecule has 0 N–H and O–H groups in total. The van der Waals surface area contributed by atoms with Crippen LogP contribution in [0.1, 0.15) is 36.5 Å². The van der Waals surface area contributed by atoms with Gasteiger partial charge in [0.25, 0.3) is 0 Å². The van der Waals surface area contributed by atoms with Gasteiger partial charge in [0.05, 0.1) is 13.7 Å². The van der Waals surface area contributed by atoms with Crippen LogP contribution in [0.4, 0.5) is 0 Å². The predicted molar refractivity (Wildman–Crippen MR) is 88.7 cm³/mol. The summed E-state index contributed by atoms with van der Waals surface area (Å²) < 4.78 is 7.34. The number of ether oxygens (including phenoxy) is 1. The van der Waals surface area contributed by atoms with Crippen molar-refractivity contribution in [3.05, 3.63) is 41.5 Å². The van der Waals surface area contributed by atoms with Crippen molar-refractivity contribution in [2.45, 2.75) is 38.8 Å². The molecule has 0 saturated heterocycles. The van der Waals surface area contributed by atoms with Gasteiger partial charge in [-0.15, -0.1) is 10.2 Å². The first-order valence-corrected chi connectivity index (χ1v) is 8.55. The van der Waals surface area contributed by atoms with Crippen LogP contribution in [0.2, 0.25) is 0 Å². The van der Waals surface area contributed by atoms with Gasteiger partial charge < -0.3 is 14.2 Å². The Morgan fingerprint density at radius 1 is 1.25 bits per heavy atom. The maximum Gasteiger partial charge on any atom is 0.226 e. The Labute approximate surface area is 141 Å². The van der Waals surface area contributed by atoms with E-state index in [1.165, 1.54) is 5.56 Å². The third-order valence-corrected chi connectivity index (χ3v) is 5.11. The van der Waals surface area contributed by atoms with Gasteiger partial charge in [0.1, 0.15) is 11.6 Å². The van der Waals surface area contributed by atoms with Crippen molar-refractivity contribution in [3.8, 4) is 5.75 Å². The molecule has 126 valence electrons. The number of amides is 1. The van der Waals surface area contributed by atoms with Crippen molar-refractivity contribution >= 4 is 5.91 Å². The van der Waals surface area contributed by atoms with Gasteiger partial charge in [0, 0.05) is 25.4 Å². The highest BCUT2D eigenvalue weighted by Gasteiger charge is 2.46. The quantitative estimate of drug-likeness (QED) is 0.862. The molecular formula is C18H22N4O2. The molecule has 2 atom stereocenters. The van der Waals surface area contributed by atoms with Gasteiger partial charge in [-0.3, -0.25) is 4.79 Å². The number of nitrogens with zero attached hydrogens (tertiary/aromatic N) is 4. The summed E-state index contributed by atoms with van der Waals surface area (Å²) in [7, 11) is 1.66. The normalized spacial score (nSPS) is 22.2. The van der Waals surface area contributed by atoms with Crippen molar-refractivity contribution < 1.29 is 9.53 Å². The number of benzene rings is 1. The zero-order valence-corrected chi connectivity index (χ0v) is 14.1. The third-order valence-electron chi connectivity index (χ3n) is 5.11. The molecule has 2 heterocycles. The topological polar surface area (TPSA) is 60.2 Å². The predicted octanol–water partition coefficient (Wildman–Crippen LogP) is 2.00. The number of carbonyl (C=O) groups excluding carboxylic acids is 1. The number of hydrogen-bond acceptors (Lipinski definition) is 4. The maximum absolute atomic E-state index is 12.8. The summed E-state index contributed by atoms with van der Waals surface area (Å²) in [5.41, 5.74) is 1.22.